The standard InChI is InChI=1S/C8H8F3N3O3/c1-4-5(3-12)2-6(14(15)16)7(13-4)17-8(9,10)11/h2H,3,12H2,1H3. The molecule has 0 aliphatic carbocycles. The first-order valence-electron chi connectivity index (χ1n) is 4.35. The Labute approximate surface area is 93.3 Å². The third kappa shape index (κ3) is 3.28. The van der Waals surface area contributed by atoms with Gasteiger partial charge in [-0.05, 0) is 12.5 Å². The second kappa shape index (κ2) is 4.53. The van der Waals surface area contributed by atoms with Crippen LogP contribution in [0.4, 0.5) is 18.9 Å². The highest BCUT2D eigenvalue weighted by Gasteiger charge is 2.35. The van der Waals surface area contributed by atoms with Gasteiger partial charge in [0.1, 0.15) is 0 Å². The number of ether oxygens (including phenoxy) is 1. The first-order valence-corrected chi connectivity index (χ1v) is 4.35. The predicted molar refractivity (Wildman–Crippen MR) is 50.2 cm³/mol. The summed E-state index contributed by atoms with van der Waals surface area (Å²) < 4.78 is 39.4. The van der Waals surface area contributed by atoms with Crippen molar-refractivity contribution >= 4 is 5.69 Å². The molecule has 0 atom stereocenters. The number of hydrogen-bond acceptors (Lipinski definition) is 5. The second-order valence-corrected chi connectivity index (χ2v) is 3.07. The van der Waals surface area contributed by atoms with Gasteiger partial charge in [0.2, 0.25) is 0 Å². The highest BCUT2D eigenvalue weighted by Crippen LogP contribution is 2.31. The van der Waals surface area contributed by atoms with Gasteiger partial charge < -0.3 is 10.5 Å². The lowest BCUT2D eigenvalue weighted by Crippen LogP contribution is -2.19. The van der Waals surface area contributed by atoms with Crippen molar-refractivity contribution in [3.63, 3.8) is 0 Å². The number of rotatable bonds is 3. The molecular weight excluding hydrogens is 243 g/mol. The zero-order chi connectivity index (χ0) is 13.2. The fourth-order valence-corrected chi connectivity index (χ4v) is 1.13. The van der Waals surface area contributed by atoms with Crippen LogP contribution < -0.4 is 10.5 Å². The normalized spacial score (nSPS) is 11.4. The molecule has 1 rings (SSSR count). The lowest BCUT2D eigenvalue weighted by atomic mass is 10.2. The van der Waals surface area contributed by atoms with Crippen LogP contribution in [0.5, 0.6) is 5.88 Å². The number of nitrogens with two attached hydrogens (primary N) is 1. The molecule has 0 fully saturated rings. The summed E-state index contributed by atoms with van der Waals surface area (Å²) in [6, 6.07) is 0.920. The molecule has 0 spiro atoms. The quantitative estimate of drug-likeness (QED) is 0.651. The summed E-state index contributed by atoms with van der Waals surface area (Å²) in [6.45, 7) is 1.32. The van der Waals surface area contributed by atoms with Crippen molar-refractivity contribution < 1.29 is 22.8 Å². The highest BCUT2D eigenvalue weighted by molar-refractivity contribution is 5.45. The molecule has 1 heterocycles. The molecule has 0 unspecified atom stereocenters. The number of aryl methyl sites for hydroxylation is 1. The maximum absolute atomic E-state index is 12.0. The van der Waals surface area contributed by atoms with Gasteiger partial charge in [-0.1, -0.05) is 0 Å². The van der Waals surface area contributed by atoms with E-state index in [0.29, 0.717) is 0 Å². The fraction of sp³-hybridized carbons (Fsp3) is 0.375. The fourth-order valence-electron chi connectivity index (χ4n) is 1.13. The van der Waals surface area contributed by atoms with Crippen molar-refractivity contribution in [3.05, 3.63) is 27.4 Å². The predicted octanol–water partition coefficient (Wildman–Crippen LogP) is 1.66. The first kappa shape index (κ1) is 13.2. The third-order valence-corrected chi connectivity index (χ3v) is 1.89. The van der Waals surface area contributed by atoms with E-state index < -0.39 is 22.9 Å². The van der Waals surface area contributed by atoms with Gasteiger partial charge in [0, 0.05) is 18.3 Å². The number of halogens is 3. The van der Waals surface area contributed by atoms with Gasteiger partial charge in [-0.15, -0.1) is 13.2 Å². The second-order valence-electron chi connectivity index (χ2n) is 3.07. The van der Waals surface area contributed by atoms with Crippen molar-refractivity contribution in [2.75, 3.05) is 0 Å². The minimum Gasteiger partial charge on any atom is -0.381 e. The number of aromatic nitrogens is 1. The van der Waals surface area contributed by atoms with E-state index in [1.54, 1.807) is 0 Å². The molecule has 0 radical (unpaired) electrons. The number of alkyl halides is 3. The maximum atomic E-state index is 12.0. The molecule has 0 amide bonds. The summed E-state index contributed by atoms with van der Waals surface area (Å²) in [4.78, 5) is 12.9. The van der Waals surface area contributed by atoms with Crippen molar-refractivity contribution in [3.8, 4) is 5.88 Å². The molecule has 2 N–H and O–H groups in total. The maximum Gasteiger partial charge on any atom is 0.574 e. The Balaban J connectivity index is 3.28. The molecular formula is C8H8F3N3O3. The molecule has 6 nitrogen and oxygen atoms in total. The first-order chi connectivity index (χ1) is 7.74. The van der Waals surface area contributed by atoms with E-state index in [2.05, 4.69) is 9.72 Å². The molecule has 0 saturated heterocycles. The Morgan fingerprint density at radius 2 is 2.18 bits per heavy atom. The zero-order valence-corrected chi connectivity index (χ0v) is 8.61. The Morgan fingerprint density at radius 3 is 2.59 bits per heavy atom. The van der Waals surface area contributed by atoms with E-state index in [1.807, 2.05) is 0 Å². The molecule has 0 aromatic carbocycles. The monoisotopic (exact) mass is 251 g/mol. The Bertz CT molecular complexity index is 448. The van der Waals surface area contributed by atoms with Gasteiger partial charge in [0.15, 0.2) is 0 Å². The van der Waals surface area contributed by atoms with Crippen LogP contribution in [0.25, 0.3) is 0 Å². The van der Waals surface area contributed by atoms with Crippen LogP contribution in [-0.4, -0.2) is 16.3 Å². The van der Waals surface area contributed by atoms with Gasteiger partial charge in [-0.25, -0.2) is 4.98 Å². The van der Waals surface area contributed by atoms with E-state index in [4.69, 9.17) is 5.73 Å². The molecule has 9 heteroatoms. The van der Waals surface area contributed by atoms with Crippen molar-refractivity contribution in [1.29, 1.82) is 0 Å². The van der Waals surface area contributed by atoms with Gasteiger partial charge in [0.05, 0.1) is 4.92 Å². The zero-order valence-electron chi connectivity index (χ0n) is 8.61. The topological polar surface area (TPSA) is 91.3 Å². The van der Waals surface area contributed by atoms with Crippen molar-refractivity contribution in [2.45, 2.75) is 19.8 Å². The van der Waals surface area contributed by atoms with E-state index in [0.717, 1.165) is 6.07 Å². The largest absolute Gasteiger partial charge is 0.574 e. The highest BCUT2D eigenvalue weighted by atomic mass is 19.4. The van der Waals surface area contributed by atoms with E-state index in [9.17, 15) is 23.3 Å². The summed E-state index contributed by atoms with van der Waals surface area (Å²) in [5, 5.41) is 10.6. The lowest BCUT2D eigenvalue weighted by molar-refractivity contribution is -0.389. The number of pyridine rings is 1. The summed E-state index contributed by atoms with van der Waals surface area (Å²) in [5.41, 5.74) is 4.84. The Hall–Kier alpha value is -1.90. The van der Waals surface area contributed by atoms with Gasteiger partial charge in [-0.2, -0.15) is 0 Å². The smallest absolute Gasteiger partial charge is 0.381 e. The lowest BCUT2D eigenvalue weighted by Gasteiger charge is -2.10. The van der Waals surface area contributed by atoms with Crippen molar-refractivity contribution in [2.24, 2.45) is 5.73 Å². The van der Waals surface area contributed by atoms with Gasteiger partial charge in [0.25, 0.3) is 0 Å². The number of nitrogens with zero attached hydrogens (tertiary/aromatic N) is 2. The summed E-state index contributed by atoms with van der Waals surface area (Å²) >= 11 is 0. The Kier molecular flexibility index (Phi) is 3.51. The Morgan fingerprint density at radius 1 is 1.59 bits per heavy atom. The summed E-state index contributed by atoms with van der Waals surface area (Å²) in [5.74, 6) is -1.09. The minimum atomic E-state index is -5.03. The van der Waals surface area contributed by atoms with Gasteiger partial charge in [-0.3, -0.25) is 10.1 Å². The third-order valence-electron chi connectivity index (χ3n) is 1.89. The van der Waals surface area contributed by atoms with Crippen LogP contribution in [0, 0.1) is 17.0 Å². The molecule has 0 aliphatic heterocycles. The number of hydrogen-bond donors (Lipinski definition) is 1. The van der Waals surface area contributed by atoms with Crippen molar-refractivity contribution in [1.82, 2.24) is 4.98 Å². The van der Waals surface area contributed by atoms with Crippen LogP contribution in [0.15, 0.2) is 6.07 Å². The van der Waals surface area contributed by atoms with Crippen LogP contribution in [0.3, 0.4) is 0 Å². The molecule has 0 aliphatic rings. The average Bonchev–Trinajstić information content (AvgIpc) is 2.14. The van der Waals surface area contributed by atoms with E-state index in [1.165, 1.54) is 6.92 Å². The molecule has 94 valence electrons. The minimum absolute atomic E-state index is 0.0635. The SMILES string of the molecule is Cc1nc(OC(F)(F)F)c([N+](=O)[O-])cc1CN. The van der Waals surface area contributed by atoms with Crippen LogP contribution in [-0.2, 0) is 6.54 Å². The van der Waals surface area contributed by atoms with Crippen LogP contribution in [0.1, 0.15) is 11.3 Å². The molecule has 1 aromatic heterocycles. The van der Waals surface area contributed by atoms with Crippen LogP contribution >= 0.6 is 0 Å². The molecule has 0 bridgehead atoms. The van der Waals surface area contributed by atoms with E-state index in [-0.39, 0.29) is 17.8 Å². The number of nitro groups is 1. The molecule has 0 saturated carbocycles. The molecule has 17 heavy (non-hydrogen) atoms. The summed E-state index contributed by atoms with van der Waals surface area (Å²) in [7, 11) is 0. The van der Waals surface area contributed by atoms with Crippen LogP contribution in [0.2, 0.25) is 0 Å². The van der Waals surface area contributed by atoms with Gasteiger partial charge >= 0.3 is 17.9 Å². The molecule has 1 aromatic rings. The van der Waals surface area contributed by atoms with E-state index >= 15 is 0 Å². The average molecular weight is 251 g/mol. The summed E-state index contributed by atoms with van der Waals surface area (Å²) in [6.07, 6.45) is -5.03.